The first-order chi connectivity index (χ1) is 13.9. The van der Waals surface area contributed by atoms with Gasteiger partial charge in [0, 0.05) is 24.7 Å². The van der Waals surface area contributed by atoms with Crippen molar-refractivity contribution in [3.05, 3.63) is 49.5 Å². The van der Waals surface area contributed by atoms with Gasteiger partial charge >= 0.3 is 7.60 Å². The minimum Gasteiger partial charge on any atom is -0.367 e. The molecule has 1 aliphatic heterocycles. The van der Waals surface area contributed by atoms with Crippen LogP contribution in [0.25, 0.3) is 0 Å². The zero-order valence-electron chi connectivity index (χ0n) is 17.2. The molecule has 1 aromatic carbocycles. The minimum absolute atomic E-state index is 0.0202. The van der Waals surface area contributed by atoms with Gasteiger partial charge in [-0.3, -0.25) is 14.7 Å². The molecule has 0 amide bonds. The van der Waals surface area contributed by atoms with Crippen LogP contribution in [0.2, 0.25) is 0 Å². The van der Waals surface area contributed by atoms with Crippen molar-refractivity contribution in [2.45, 2.75) is 45.5 Å². The molecule has 0 bridgehead atoms. The zero-order chi connectivity index (χ0) is 21.4. The standard InChI is InChI=1S/C19H28NO6PS2/c1-5-24-17-13-16(14-9-11-15(12-10-14)20(21)22)18(19(29-17)28-8-4)27(23,25-6-2)26-7-3/h9-12,16-17H,5-8,13H2,1-4H3/t16-,17-/m0/s1. The van der Waals surface area contributed by atoms with Crippen molar-refractivity contribution < 1.29 is 23.3 Å². The number of non-ortho nitro benzene ring substituents is 1. The number of thioether (sulfide) groups is 2. The second kappa shape index (κ2) is 11.5. The van der Waals surface area contributed by atoms with Gasteiger partial charge in [0.2, 0.25) is 0 Å². The molecule has 0 spiro atoms. The van der Waals surface area contributed by atoms with E-state index in [-0.39, 0.29) is 30.3 Å². The lowest BCUT2D eigenvalue weighted by molar-refractivity contribution is -0.384. The average molecular weight is 462 g/mol. The molecule has 10 heteroatoms. The average Bonchev–Trinajstić information content (AvgIpc) is 2.68. The Hall–Kier alpha value is -0.830. The van der Waals surface area contributed by atoms with Gasteiger partial charge in [0.05, 0.1) is 27.7 Å². The summed E-state index contributed by atoms with van der Waals surface area (Å²) in [5.74, 6) is 0.530. The Morgan fingerprint density at radius 2 is 1.76 bits per heavy atom. The van der Waals surface area contributed by atoms with E-state index in [9.17, 15) is 14.7 Å². The van der Waals surface area contributed by atoms with Crippen LogP contribution in [0.3, 0.4) is 0 Å². The summed E-state index contributed by atoms with van der Waals surface area (Å²) in [6.45, 7) is 8.65. The molecule has 29 heavy (non-hydrogen) atoms. The molecule has 0 aromatic heterocycles. The fraction of sp³-hybridized carbons (Fsp3) is 0.579. The van der Waals surface area contributed by atoms with Crippen molar-refractivity contribution in [2.24, 2.45) is 0 Å². The molecular formula is C19H28NO6PS2. The molecule has 1 aromatic rings. The predicted octanol–water partition coefficient (Wildman–Crippen LogP) is 6.37. The lowest BCUT2D eigenvalue weighted by Gasteiger charge is -2.35. The number of hydrogen-bond acceptors (Lipinski definition) is 8. The highest BCUT2D eigenvalue weighted by Crippen LogP contribution is 2.67. The van der Waals surface area contributed by atoms with E-state index in [4.69, 9.17) is 13.8 Å². The highest BCUT2D eigenvalue weighted by molar-refractivity contribution is 8.22. The maximum absolute atomic E-state index is 13.8. The van der Waals surface area contributed by atoms with Gasteiger partial charge < -0.3 is 13.8 Å². The van der Waals surface area contributed by atoms with E-state index < -0.39 is 12.5 Å². The van der Waals surface area contributed by atoms with Crippen LogP contribution in [0.4, 0.5) is 5.69 Å². The van der Waals surface area contributed by atoms with Crippen molar-refractivity contribution in [2.75, 3.05) is 25.6 Å². The first-order valence-electron chi connectivity index (χ1n) is 9.69. The SMILES string of the molecule is CCO[C@@H]1C[C@@H](c2ccc([N+](=O)[O-])cc2)C(P(=O)(OCC)OCC)=C(SCC)S1. The lowest BCUT2D eigenvalue weighted by atomic mass is 9.95. The first-order valence-corrected chi connectivity index (χ1v) is 13.1. The maximum atomic E-state index is 13.8. The third-order valence-electron chi connectivity index (χ3n) is 4.23. The molecule has 0 aliphatic carbocycles. The van der Waals surface area contributed by atoms with Gasteiger partial charge in [0.15, 0.2) is 0 Å². The highest BCUT2D eigenvalue weighted by Gasteiger charge is 2.43. The molecule has 0 fully saturated rings. The highest BCUT2D eigenvalue weighted by atomic mass is 32.2. The zero-order valence-corrected chi connectivity index (χ0v) is 19.7. The largest absolute Gasteiger partial charge is 0.367 e. The van der Waals surface area contributed by atoms with Gasteiger partial charge in [0.1, 0.15) is 5.44 Å². The second-order valence-corrected chi connectivity index (χ2v) is 10.8. The summed E-state index contributed by atoms with van der Waals surface area (Å²) < 4.78 is 32.0. The fourth-order valence-corrected chi connectivity index (χ4v) is 8.55. The summed E-state index contributed by atoms with van der Waals surface area (Å²) in [4.78, 5) is 10.6. The Labute approximate surface area is 180 Å². The van der Waals surface area contributed by atoms with E-state index >= 15 is 0 Å². The number of benzene rings is 1. The lowest BCUT2D eigenvalue weighted by Crippen LogP contribution is -2.21. The third kappa shape index (κ3) is 6.09. The van der Waals surface area contributed by atoms with E-state index in [2.05, 4.69) is 0 Å². The molecule has 162 valence electrons. The Morgan fingerprint density at radius 1 is 1.14 bits per heavy atom. The van der Waals surface area contributed by atoms with Gasteiger partial charge in [-0.25, -0.2) is 0 Å². The van der Waals surface area contributed by atoms with Crippen LogP contribution in [-0.2, 0) is 18.3 Å². The summed E-state index contributed by atoms with van der Waals surface area (Å²) in [6, 6.07) is 6.39. The number of nitro groups is 1. The quantitative estimate of drug-likeness (QED) is 0.213. The Balaban J connectivity index is 2.61. The first kappa shape index (κ1) is 24.4. The van der Waals surface area contributed by atoms with Gasteiger partial charge in [-0.05, 0) is 38.5 Å². The van der Waals surface area contributed by atoms with Gasteiger partial charge in [0.25, 0.3) is 5.69 Å². The van der Waals surface area contributed by atoms with E-state index in [0.29, 0.717) is 18.3 Å². The van der Waals surface area contributed by atoms with Crippen LogP contribution in [-0.4, -0.2) is 35.9 Å². The van der Waals surface area contributed by atoms with E-state index in [0.717, 1.165) is 15.6 Å². The van der Waals surface area contributed by atoms with Crippen molar-refractivity contribution in [3.63, 3.8) is 0 Å². The van der Waals surface area contributed by atoms with Crippen molar-refractivity contribution in [1.82, 2.24) is 0 Å². The van der Waals surface area contributed by atoms with Crippen molar-refractivity contribution in [3.8, 4) is 0 Å². The van der Waals surface area contributed by atoms with E-state index in [1.165, 1.54) is 12.1 Å². The molecule has 0 radical (unpaired) electrons. The summed E-state index contributed by atoms with van der Waals surface area (Å²) in [5, 5.41) is 11.7. The fourth-order valence-electron chi connectivity index (χ4n) is 3.14. The van der Waals surface area contributed by atoms with Gasteiger partial charge in [-0.2, -0.15) is 0 Å². The normalized spacial score (nSPS) is 20.1. The van der Waals surface area contributed by atoms with Gasteiger partial charge in [-0.15, -0.1) is 11.8 Å². The second-order valence-electron chi connectivity index (χ2n) is 6.08. The monoisotopic (exact) mass is 461 g/mol. The van der Waals surface area contributed by atoms with E-state index in [1.807, 2.05) is 13.8 Å². The molecule has 0 unspecified atom stereocenters. The molecule has 0 N–H and O–H groups in total. The van der Waals surface area contributed by atoms with Crippen molar-refractivity contribution >= 4 is 36.8 Å². The molecular weight excluding hydrogens is 433 g/mol. The number of nitro benzene ring substituents is 1. The predicted molar refractivity (Wildman–Crippen MR) is 119 cm³/mol. The molecule has 0 saturated carbocycles. The van der Waals surface area contributed by atoms with Crippen LogP contribution in [0, 0.1) is 10.1 Å². The molecule has 0 saturated heterocycles. The van der Waals surface area contributed by atoms with E-state index in [1.54, 1.807) is 49.5 Å². The Bertz CT molecular complexity index is 760. The molecule has 7 nitrogen and oxygen atoms in total. The summed E-state index contributed by atoms with van der Waals surface area (Å²) in [6.07, 6.45) is 0.587. The van der Waals surface area contributed by atoms with Crippen LogP contribution < -0.4 is 0 Å². The van der Waals surface area contributed by atoms with Crippen LogP contribution in [0.5, 0.6) is 0 Å². The smallest absolute Gasteiger partial charge is 0.359 e. The number of allylic oxidation sites excluding steroid dienone is 1. The van der Waals surface area contributed by atoms with Crippen LogP contribution in [0.15, 0.2) is 33.8 Å². The molecule has 1 aliphatic rings. The number of rotatable bonds is 11. The number of nitrogens with zero attached hydrogens (tertiary/aromatic N) is 1. The summed E-state index contributed by atoms with van der Waals surface area (Å²) >= 11 is 3.15. The van der Waals surface area contributed by atoms with Gasteiger partial charge in [-0.1, -0.05) is 30.8 Å². The van der Waals surface area contributed by atoms with Crippen LogP contribution >= 0.6 is 31.1 Å². The Kier molecular flexibility index (Phi) is 9.72. The minimum atomic E-state index is -3.53. The number of hydrogen-bond donors (Lipinski definition) is 0. The third-order valence-corrected chi connectivity index (χ3v) is 9.30. The summed E-state index contributed by atoms with van der Waals surface area (Å²) in [7, 11) is -3.53. The molecule has 2 rings (SSSR count). The molecule has 2 atom stereocenters. The molecule has 1 heterocycles. The maximum Gasteiger partial charge on any atom is 0.359 e. The number of ether oxygens (including phenoxy) is 1. The van der Waals surface area contributed by atoms with Crippen molar-refractivity contribution in [1.29, 1.82) is 0 Å². The van der Waals surface area contributed by atoms with Crippen LogP contribution in [0.1, 0.15) is 45.6 Å². The summed E-state index contributed by atoms with van der Waals surface area (Å²) in [5.41, 5.74) is 0.755. The Morgan fingerprint density at radius 3 is 2.24 bits per heavy atom. The topological polar surface area (TPSA) is 87.9 Å².